The van der Waals surface area contributed by atoms with Crippen molar-refractivity contribution >= 4 is 16.8 Å². The number of carbonyl (C=O) groups excluding carboxylic acids is 1. The van der Waals surface area contributed by atoms with Crippen LogP contribution in [-0.4, -0.2) is 27.7 Å². The van der Waals surface area contributed by atoms with Crippen LogP contribution in [0.25, 0.3) is 22.3 Å². The molecule has 1 aromatic carbocycles. The minimum atomic E-state index is -4.68. The fourth-order valence-electron chi connectivity index (χ4n) is 2.43. The van der Waals surface area contributed by atoms with Crippen molar-refractivity contribution in [2.24, 2.45) is 0 Å². The van der Waals surface area contributed by atoms with E-state index in [4.69, 9.17) is 0 Å². The van der Waals surface area contributed by atoms with Gasteiger partial charge >= 0.3 is 12.1 Å². The van der Waals surface area contributed by atoms with Crippen LogP contribution in [-0.2, 0) is 17.5 Å². The quantitative estimate of drug-likeness (QED) is 0.797. The Balaban J connectivity index is 2.01. The molecule has 0 saturated carbocycles. The molecule has 1 amide bonds. The van der Waals surface area contributed by atoms with Crippen molar-refractivity contribution in [3.8, 4) is 11.4 Å². The van der Waals surface area contributed by atoms with Crippen molar-refractivity contribution in [3.05, 3.63) is 35.9 Å². The average molecular weight is 338 g/mol. The molecule has 0 bridgehead atoms. The molecule has 0 aliphatic rings. The van der Waals surface area contributed by atoms with E-state index >= 15 is 0 Å². The Kier molecular flexibility index (Phi) is 3.78. The van der Waals surface area contributed by atoms with E-state index in [1.165, 1.54) is 0 Å². The Bertz CT molecular complexity index is 911. The summed E-state index contributed by atoms with van der Waals surface area (Å²) in [7, 11) is 1.55. The topological polar surface area (TPSA) is 73.0 Å². The number of aromatic nitrogens is 3. The molecule has 3 aromatic rings. The lowest BCUT2D eigenvalue weighted by Crippen LogP contribution is -2.22. The van der Waals surface area contributed by atoms with Gasteiger partial charge < -0.3 is 14.4 Å². The van der Waals surface area contributed by atoms with Gasteiger partial charge in [-0.25, -0.2) is 0 Å². The van der Waals surface area contributed by atoms with Crippen LogP contribution >= 0.6 is 0 Å². The van der Waals surface area contributed by atoms with E-state index in [1.54, 1.807) is 36.0 Å². The number of amides is 1. The molecule has 0 atom stereocenters. The third-order valence-corrected chi connectivity index (χ3v) is 3.60. The van der Waals surface area contributed by atoms with E-state index in [0.29, 0.717) is 5.56 Å². The number of rotatable bonds is 3. The molecular formula is C15H13F3N4O2. The van der Waals surface area contributed by atoms with Gasteiger partial charge in [-0.05, 0) is 30.7 Å². The normalized spacial score (nSPS) is 11.9. The minimum Gasteiger partial charge on any atom is -0.358 e. The Morgan fingerprint density at radius 2 is 2.12 bits per heavy atom. The van der Waals surface area contributed by atoms with Crippen LogP contribution in [0.2, 0.25) is 0 Å². The summed E-state index contributed by atoms with van der Waals surface area (Å²) in [4.78, 5) is 14.9. The molecule has 0 fully saturated rings. The Morgan fingerprint density at radius 3 is 2.75 bits per heavy atom. The van der Waals surface area contributed by atoms with Crippen molar-refractivity contribution in [1.29, 1.82) is 0 Å². The second-order valence-corrected chi connectivity index (χ2v) is 5.27. The number of fused-ring (bicyclic) bond motifs is 1. The second-order valence-electron chi connectivity index (χ2n) is 5.27. The maximum atomic E-state index is 12.6. The van der Waals surface area contributed by atoms with Gasteiger partial charge in [-0.1, -0.05) is 5.16 Å². The molecule has 3 rings (SSSR count). The molecule has 0 spiro atoms. The first-order valence-corrected chi connectivity index (χ1v) is 7.01. The van der Waals surface area contributed by atoms with Crippen molar-refractivity contribution < 1.29 is 22.5 Å². The van der Waals surface area contributed by atoms with Gasteiger partial charge in [-0.3, -0.25) is 4.79 Å². The number of carbonyl (C=O) groups is 1. The number of hydrogen-bond acceptors (Lipinski definition) is 4. The van der Waals surface area contributed by atoms with Crippen LogP contribution in [0.5, 0.6) is 0 Å². The summed E-state index contributed by atoms with van der Waals surface area (Å²) in [6.45, 7) is 2.00. The van der Waals surface area contributed by atoms with E-state index in [9.17, 15) is 18.0 Å². The smallest absolute Gasteiger partial charge is 0.358 e. The number of nitrogens with one attached hydrogen (secondary N) is 1. The van der Waals surface area contributed by atoms with Crippen LogP contribution < -0.4 is 5.32 Å². The fraction of sp³-hybridized carbons (Fsp3) is 0.267. The zero-order valence-electron chi connectivity index (χ0n) is 12.8. The van der Waals surface area contributed by atoms with Crippen LogP contribution in [0, 0.1) is 6.92 Å². The van der Waals surface area contributed by atoms with Crippen LogP contribution in [0.4, 0.5) is 13.2 Å². The summed E-state index contributed by atoms with van der Waals surface area (Å²) in [6.07, 6.45) is -2.87. The standard InChI is InChI=1S/C15H13F3N4O2/c1-8-6-22(7-12(23)19-2)11-4-3-9(5-10(8)11)13-20-14(24-21-13)15(16,17)18/h3-6H,7H2,1-2H3,(H,19,23). The van der Waals surface area contributed by atoms with Gasteiger partial charge in [-0.15, -0.1) is 0 Å². The third kappa shape index (κ3) is 2.84. The highest BCUT2D eigenvalue weighted by Crippen LogP contribution is 2.31. The molecule has 0 saturated heterocycles. The zero-order chi connectivity index (χ0) is 17.5. The predicted octanol–water partition coefficient (Wildman–Crippen LogP) is 2.76. The van der Waals surface area contributed by atoms with E-state index in [0.717, 1.165) is 16.5 Å². The third-order valence-electron chi connectivity index (χ3n) is 3.60. The molecule has 0 radical (unpaired) electrons. The van der Waals surface area contributed by atoms with Gasteiger partial charge in [0.15, 0.2) is 0 Å². The SMILES string of the molecule is CNC(=O)Cn1cc(C)c2cc(-c3noc(C(F)(F)F)n3)ccc21. The average Bonchev–Trinajstić information content (AvgIpc) is 3.13. The van der Waals surface area contributed by atoms with E-state index in [-0.39, 0.29) is 18.3 Å². The lowest BCUT2D eigenvalue weighted by Gasteiger charge is -2.04. The highest BCUT2D eigenvalue weighted by molar-refractivity contribution is 5.89. The van der Waals surface area contributed by atoms with Gasteiger partial charge in [0.25, 0.3) is 0 Å². The number of hydrogen-bond donors (Lipinski definition) is 1. The molecule has 2 heterocycles. The van der Waals surface area contributed by atoms with Gasteiger partial charge in [-0.2, -0.15) is 18.2 Å². The molecule has 1 N–H and O–H groups in total. The molecule has 24 heavy (non-hydrogen) atoms. The van der Waals surface area contributed by atoms with Crippen molar-refractivity contribution in [2.75, 3.05) is 7.05 Å². The molecule has 9 heteroatoms. The van der Waals surface area contributed by atoms with E-state index in [2.05, 4.69) is 20.0 Å². The van der Waals surface area contributed by atoms with Gasteiger partial charge in [0, 0.05) is 29.7 Å². The molecule has 0 aliphatic heterocycles. The lowest BCUT2D eigenvalue weighted by atomic mass is 10.1. The Labute approximate surface area is 134 Å². The summed E-state index contributed by atoms with van der Waals surface area (Å²) in [5.41, 5.74) is 2.08. The minimum absolute atomic E-state index is 0.136. The first-order chi connectivity index (χ1) is 11.3. The van der Waals surface area contributed by atoms with Gasteiger partial charge in [0.1, 0.15) is 6.54 Å². The maximum absolute atomic E-state index is 12.6. The van der Waals surface area contributed by atoms with Crippen molar-refractivity contribution in [1.82, 2.24) is 20.0 Å². The number of likely N-dealkylation sites (N-methyl/N-ethyl adjacent to an activating group) is 1. The Hall–Kier alpha value is -2.84. The summed E-state index contributed by atoms with van der Waals surface area (Å²) in [5, 5.41) is 6.72. The molecule has 0 unspecified atom stereocenters. The highest BCUT2D eigenvalue weighted by Gasteiger charge is 2.38. The summed E-state index contributed by atoms with van der Waals surface area (Å²) >= 11 is 0. The van der Waals surface area contributed by atoms with E-state index < -0.39 is 12.1 Å². The largest absolute Gasteiger partial charge is 0.471 e. The number of benzene rings is 1. The van der Waals surface area contributed by atoms with Crippen LogP contribution in [0.15, 0.2) is 28.9 Å². The lowest BCUT2D eigenvalue weighted by molar-refractivity contribution is -0.159. The molecule has 2 aromatic heterocycles. The summed E-state index contributed by atoms with van der Waals surface area (Å²) < 4.78 is 43.7. The predicted molar refractivity (Wildman–Crippen MR) is 79.0 cm³/mol. The highest BCUT2D eigenvalue weighted by atomic mass is 19.4. The monoisotopic (exact) mass is 338 g/mol. The van der Waals surface area contributed by atoms with Crippen molar-refractivity contribution in [3.63, 3.8) is 0 Å². The Morgan fingerprint density at radius 1 is 1.38 bits per heavy atom. The molecular weight excluding hydrogens is 325 g/mol. The molecule has 0 aliphatic carbocycles. The van der Waals surface area contributed by atoms with Gasteiger partial charge in [0.2, 0.25) is 11.7 Å². The molecule has 6 nitrogen and oxygen atoms in total. The van der Waals surface area contributed by atoms with Gasteiger partial charge in [0.05, 0.1) is 0 Å². The van der Waals surface area contributed by atoms with Crippen LogP contribution in [0.3, 0.4) is 0 Å². The molecule has 126 valence electrons. The number of nitrogens with zero attached hydrogens (tertiary/aromatic N) is 3. The first-order valence-electron chi connectivity index (χ1n) is 7.01. The zero-order valence-corrected chi connectivity index (χ0v) is 12.8. The summed E-state index contributed by atoms with van der Waals surface area (Å²) in [5.74, 6) is -1.67. The number of alkyl halides is 3. The maximum Gasteiger partial charge on any atom is 0.471 e. The second kappa shape index (κ2) is 5.66. The number of aryl methyl sites for hydroxylation is 1. The fourth-order valence-corrected chi connectivity index (χ4v) is 2.43. The van der Waals surface area contributed by atoms with Crippen molar-refractivity contribution in [2.45, 2.75) is 19.6 Å². The van der Waals surface area contributed by atoms with E-state index in [1.807, 2.05) is 6.92 Å². The van der Waals surface area contributed by atoms with Crippen LogP contribution in [0.1, 0.15) is 11.5 Å². The first kappa shape index (κ1) is 16.0. The number of halogens is 3. The summed E-state index contributed by atoms with van der Waals surface area (Å²) in [6, 6.07) is 4.98.